The van der Waals surface area contributed by atoms with Crippen molar-refractivity contribution in [1.29, 1.82) is 0 Å². The maximum absolute atomic E-state index is 12.3. The van der Waals surface area contributed by atoms with Crippen LogP contribution >= 0.6 is 0 Å². The summed E-state index contributed by atoms with van der Waals surface area (Å²) in [5.74, 6) is 0.433. The zero-order valence-corrected chi connectivity index (χ0v) is 16.1. The molecule has 1 saturated carbocycles. The molecule has 0 bridgehead atoms. The van der Waals surface area contributed by atoms with Gasteiger partial charge in [-0.3, -0.25) is 9.59 Å². The van der Waals surface area contributed by atoms with E-state index in [0.717, 1.165) is 24.0 Å². The second-order valence-electron chi connectivity index (χ2n) is 7.21. The van der Waals surface area contributed by atoms with Crippen LogP contribution in [0.3, 0.4) is 0 Å². The van der Waals surface area contributed by atoms with Crippen molar-refractivity contribution in [2.45, 2.75) is 44.3 Å². The molecule has 2 amide bonds. The molecule has 0 saturated heterocycles. The van der Waals surface area contributed by atoms with Gasteiger partial charge in [0.15, 0.2) is 6.61 Å². The van der Waals surface area contributed by atoms with E-state index in [2.05, 4.69) is 10.6 Å². The molecule has 3 rings (SSSR count). The molecule has 0 heterocycles. The van der Waals surface area contributed by atoms with Crippen molar-refractivity contribution in [2.24, 2.45) is 5.73 Å². The molecular weight excluding hydrogens is 354 g/mol. The number of nitrogens with two attached hydrogens (primary N) is 1. The molecule has 0 aromatic heterocycles. The molecule has 0 radical (unpaired) electrons. The topological polar surface area (TPSA) is 93.5 Å². The van der Waals surface area contributed by atoms with Gasteiger partial charge in [0, 0.05) is 18.5 Å². The first kappa shape index (κ1) is 19.9. The highest BCUT2D eigenvalue weighted by atomic mass is 16.5. The largest absolute Gasteiger partial charge is 0.484 e. The van der Waals surface area contributed by atoms with Crippen LogP contribution in [-0.4, -0.2) is 24.5 Å². The summed E-state index contributed by atoms with van der Waals surface area (Å²) in [6.45, 7) is 1.93. The first-order chi connectivity index (χ1) is 13.5. The van der Waals surface area contributed by atoms with Gasteiger partial charge < -0.3 is 21.1 Å². The zero-order valence-electron chi connectivity index (χ0n) is 16.1. The number of hydrogen-bond donors (Lipinski definition) is 3. The van der Waals surface area contributed by atoms with E-state index in [-0.39, 0.29) is 36.9 Å². The number of rotatable bonds is 9. The second kappa shape index (κ2) is 9.37. The average Bonchev–Trinajstić information content (AvgIpc) is 3.51. The highest BCUT2D eigenvalue weighted by molar-refractivity contribution is 5.78. The third-order valence-corrected chi connectivity index (χ3v) is 4.70. The number of ether oxygens (including phenoxy) is 1. The summed E-state index contributed by atoms with van der Waals surface area (Å²) in [5.41, 5.74) is 8.01. The summed E-state index contributed by atoms with van der Waals surface area (Å²) in [4.78, 5) is 23.9. The first-order valence-corrected chi connectivity index (χ1v) is 9.63. The average molecular weight is 381 g/mol. The predicted octanol–water partition coefficient (Wildman–Crippen LogP) is 2.61. The van der Waals surface area contributed by atoms with E-state index in [0.29, 0.717) is 11.8 Å². The molecule has 2 aromatic rings. The van der Waals surface area contributed by atoms with Gasteiger partial charge in [0.1, 0.15) is 5.75 Å². The second-order valence-corrected chi connectivity index (χ2v) is 7.21. The number of amides is 2. The Kier molecular flexibility index (Phi) is 6.66. The van der Waals surface area contributed by atoms with Crippen LogP contribution in [0, 0.1) is 0 Å². The number of hydrogen-bond acceptors (Lipinski definition) is 4. The molecule has 1 aliphatic rings. The van der Waals surface area contributed by atoms with Crippen molar-refractivity contribution in [3.63, 3.8) is 0 Å². The minimum absolute atomic E-state index is 0.0134. The van der Waals surface area contributed by atoms with E-state index < -0.39 is 0 Å². The van der Waals surface area contributed by atoms with Gasteiger partial charge in [-0.2, -0.15) is 0 Å². The molecule has 1 aliphatic carbocycles. The zero-order chi connectivity index (χ0) is 19.9. The molecule has 6 heteroatoms. The third-order valence-electron chi connectivity index (χ3n) is 4.70. The van der Waals surface area contributed by atoms with Crippen molar-refractivity contribution >= 4 is 11.8 Å². The van der Waals surface area contributed by atoms with Gasteiger partial charge in [0.05, 0.1) is 6.04 Å². The summed E-state index contributed by atoms with van der Waals surface area (Å²) in [6.07, 6.45) is 2.34. The predicted molar refractivity (Wildman–Crippen MR) is 108 cm³/mol. The van der Waals surface area contributed by atoms with Crippen LogP contribution < -0.4 is 21.1 Å². The molecule has 2 unspecified atom stereocenters. The van der Waals surface area contributed by atoms with Gasteiger partial charge in [0.2, 0.25) is 5.91 Å². The maximum atomic E-state index is 12.3. The number of nitrogens with one attached hydrogen (secondary N) is 2. The van der Waals surface area contributed by atoms with Crippen LogP contribution in [-0.2, 0) is 9.59 Å². The molecule has 6 nitrogen and oxygen atoms in total. The molecule has 28 heavy (non-hydrogen) atoms. The van der Waals surface area contributed by atoms with Gasteiger partial charge in [-0.05, 0) is 43.0 Å². The maximum Gasteiger partial charge on any atom is 0.258 e. The van der Waals surface area contributed by atoms with Gasteiger partial charge in [-0.25, -0.2) is 0 Å². The van der Waals surface area contributed by atoms with Crippen molar-refractivity contribution < 1.29 is 14.3 Å². The minimum atomic E-state index is -0.328. The lowest BCUT2D eigenvalue weighted by Gasteiger charge is -2.17. The number of carbonyl (C=O) groups excluding carboxylic acids is 2. The Morgan fingerprint density at radius 1 is 1.04 bits per heavy atom. The standard InChI is InChI=1S/C22H27N3O3/c1-15(24-21(26)13-20(23)17-5-3-2-4-6-17)16-7-11-19(12-8-16)28-14-22(27)25-18-9-10-18/h2-8,11-12,15,18,20H,9-10,13-14,23H2,1H3,(H,24,26)(H,25,27). The van der Waals surface area contributed by atoms with Crippen molar-refractivity contribution in [3.8, 4) is 5.75 Å². The van der Waals surface area contributed by atoms with Crippen LogP contribution in [0.4, 0.5) is 0 Å². The number of benzene rings is 2. The Morgan fingerprint density at radius 2 is 1.71 bits per heavy atom. The van der Waals surface area contributed by atoms with Crippen LogP contribution in [0.15, 0.2) is 54.6 Å². The lowest BCUT2D eigenvalue weighted by Crippen LogP contribution is -2.30. The highest BCUT2D eigenvalue weighted by Crippen LogP contribution is 2.20. The fourth-order valence-corrected chi connectivity index (χ4v) is 2.90. The molecule has 2 aromatic carbocycles. The van der Waals surface area contributed by atoms with E-state index in [1.54, 1.807) is 12.1 Å². The number of carbonyl (C=O) groups is 2. The summed E-state index contributed by atoms with van der Waals surface area (Å²) in [5, 5.41) is 5.85. The van der Waals surface area contributed by atoms with Crippen molar-refractivity contribution in [3.05, 3.63) is 65.7 Å². The molecule has 0 spiro atoms. The van der Waals surface area contributed by atoms with E-state index in [1.165, 1.54) is 0 Å². The fraction of sp³-hybridized carbons (Fsp3) is 0.364. The van der Waals surface area contributed by atoms with Crippen molar-refractivity contribution in [2.75, 3.05) is 6.61 Å². The minimum Gasteiger partial charge on any atom is -0.484 e. The normalized spacial score (nSPS) is 15.4. The van der Waals surface area contributed by atoms with Crippen LogP contribution in [0.1, 0.15) is 49.4 Å². The first-order valence-electron chi connectivity index (χ1n) is 9.63. The highest BCUT2D eigenvalue weighted by Gasteiger charge is 2.23. The summed E-state index contributed by atoms with van der Waals surface area (Å²) in [6, 6.07) is 16.8. The Morgan fingerprint density at radius 3 is 2.36 bits per heavy atom. The van der Waals surface area contributed by atoms with Crippen LogP contribution in [0.5, 0.6) is 5.75 Å². The molecule has 1 fully saturated rings. The smallest absolute Gasteiger partial charge is 0.258 e. The summed E-state index contributed by atoms with van der Waals surface area (Å²) >= 11 is 0. The van der Waals surface area contributed by atoms with Crippen molar-refractivity contribution in [1.82, 2.24) is 10.6 Å². The van der Waals surface area contributed by atoms with Crippen LogP contribution in [0.25, 0.3) is 0 Å². The Hall–Kier alpha value is -2.86. The van der Waals surface area contributed by atoms with Gasteiger partial charge in [0.25, 0.3) is 5.91 Å². The molecule has 0 aliphatic heterocycles. The van der Waals surface area contributed by atoms with E-state index in [1.807, 2.05) is 49.4 Å². The van der Waals surface area contributed by atoms with Gasteiger partial charge >= 0.3 is 0 Å². The molecule has 4 N–H and O–H groups in total. The van der Waals surface area contributed by atoms with E-state index in [9.17, 15) is 9.59 Å². The monoisotopic (exact) mass is 381 g/mol. The van der Waals surface area contributed by atoms with E-state index >= 15 is 0 Å². The molecule has 2 atom stereocenters. The summed E-state index contributed by atoms with van der Waals surface area (Å²) < 4.78 is 5.50. The third kappa shape index (κ3) is 6.09. The molecular formula is C22H27N3O3. The lowest BCUT2D eigenvalue weighted by molar-refractivity contribution is -0.123. The quantitative estimate of drug-likeness (QED) is 0.622. The SMILES string of the molecule is CC(NC(=O)CC(N)c1ccccc1)c1ccc(OCC(=O)NC2CC2)cc1. The Labute approximate surface area is 165 Å². The van der Waals surface area contributed by atoms with Crippen LogP contribution in [0.2, 0.25) is 0 Å². The summed E-state index contributed by atoms with van der Waals surface area (Å²) in [7, 11) is 0. The Balaban J connectivity index is 1.45. The van der Waals surface area contributed by atoms with Gasteiger partial charge in [-0.1, -0.05) is 42.5 Å². The fourth-order valence-electron chi connectivity index (χ4n) is 2.90. The lowest BCUT2D eigenvalue weighted by atomic mass is 10.0. The van der Waals surface area contributed by atoms with Gasteiger partial charge in [-0.15, -0.1) is 0 Å². The van der Waals surface area contributed by atoms with E-state index in [4.69, 9.17) is 10.5 Å². The molecule has 148 valence electrons. The Bertz CT molecular complexity index is 788.